The van der Waals surface area contributed by atoms with Gasteiger partial charge in [-0.3, -0.25) is 14.8 Å². The molecule has 5 rings (SSSR count). The van der Waals surface area contributed by atoms with Crippen LogP contribution in [0.1, 0.15) is 45.2 Å². The summed E-state index contributed by atoms with van der Waals surface area (Å²) in [7, 11) is 0. The second kappa shape index (κ2) is 7.46. The number of H-pyrrole nitrogens is 1. The highest BCUT2D eigenvalue weighted by atomic mass is 19.3. The average molecular weight is 421 g/mol. The number of rotatable bonds is 5. The van der Waals surface area contributed by atoms with Gasteiger partial charge >= 0.3 is 5.76 Å². The fourth-order valence-electron chi connectivity index (χ4n) is 4.14. The summed E-state index contributed by atoms with van der Waals surface area (Å²) in [4.78, 5) is 33.0. The molecule has 3 heterocycles. The maximum Gasteiger partial charge on any atom is 0.417 e. The van der Waals surface area contributed by atoms with Gasteiger partial charge in [0.05, 0.1) is 17.3 Å². The van der Waals surface area contributed by atoms with Gasteiger partial charge in [-0.1, -0.05) is 24.3 Å². The van der Waals surface area contributed by atoms with E-state index in [2.05, 4.69) is 9.97 Å². The van der Waals surface area contributed by atoms with E-state index in [9.17, 15) is 18.4 Å². The number of fused-ring (bicyclic) bond motifs is 2. The number of hydrogen-bond acceptors (Lipinski definition) is 4. The van der Waals surface area contributed by atoms with Crippen molar-refractivity contribution >= 4 is 17.0 Å². The first kappa shape index (κ1) is 19.2. The number of nitrogens with one attached hydrogen (secondary N) is 1. The molecular formula is C23H17F2N3O3. The van der Waals surface area contributed by atoms with E-state index in [4.69, 9.17) is 4.42 Å². The number of benzene rings is 2. The minimum absolute atomic E-state index is 0.130. The third kappa shape index (κ3) is 3.39. The summed E-state index contributed by atoms with van der Waals surface area (Å²) in [5, 5.41) is 0. The van der Waals surface area contributed by atoms with Crippen LogP contribution in [0.5, 0.6) is 0 Å². The molecule has 0 aliphatic carbocycles. The van der Waals surface area contributed by atoms with Gasteiger partial charge < -0.3 is 9.32 Å². The molecule has 1 amide bonds. The first-order valence-corrected chi connectivity index (χ1v) is 9.75. The van der Waals surface area contributed by atoms with Gasteiger partial charge in [0.1, 0.15) is 0 Å². The smallest absolute Gasteiger partial charge is 0.408 e. The lowest BCUT2D eigenvalue weighted by Crippen LogP contribution is -2.29. The number of aromatic nitrogens is 2. The molecule has 0 spiro atoms. The Morgan fingerprint density at radius 1 is 1.10 bits per heavy atom. The number of carbonyl (C=O) groups is 1. The summed E-state index contributed by atoms with van der Waals surface area (Å²) in [5.74, 6) is -0.727. The van der Waals surface area contributed by atoms with Gasteiger partial charge in [0, 0.05) is 30.3 Å². The summed E-state index contributed by atoms with van der Waals surface area (Å²) < 4.78 is 32.1. The number of carbonyl (C=O) groups excluding carboxylic acids is 1. The van der Waals surface area contributed by atoms with E-state index in [1.807, 2.05) is 12.1 Å². The van der Waals surface area contributed by atoms with Crippen LogP contribution < -0.4 is 5.76 Å². The Labute approximate surface area is 175 Å². The van der Waals surface area contributed by atoms with Gasteiger partial charge in [0.2, 0.25) is 0 Å². The summed E-state index contributed by atoms with van der Waals surface area (Å²) in [6, 6.07) is 14.8. The van der Waals surface area contributed by atoms with E-state index in [-0.39, 0.29) is 30.1 Å². The van der Waals surface area contributed by atoms with Crippen molar-refractivity contribution in [3.8, 4) is 0 Å². The van der Waals surface area contributed by atoms with Gasteiger partial charge in [0.15, 0.2) is 5.58 Å². The zero-order valence-corrected chi connectivity index (χ0v) is 16.2. The molecule has 2 aromatic heterocycles. The number of hydrogen-bond donors (Lipinski definition) is 1. The van der Waals surface area contributed by atoms with Crippen LogP contribution in [0.4, 0.5) is 8.78 Å². The molecule has 0 fully saturated rings. The molecule has 1 aliphatic heterocycles. The van der Waals surface area contributed by atoms with Gasteiger partial charge in [-0.2, -0.15) is 0 Å². The first-order valence-electron chi connectivity index (χ1n) is 9.75. The lowest BCUT2D eigenvalue weighted by Gasteiger charge is -2.26. The lowest BCUT2D eigenvalue weighted by atomic mass is 9.98. The van der Waals surface area contributed by atoms with Gasteiger partial charge in [-0.15, -0.1) is 0 Å². The van der Waals surface area contributed by atoms with Crippen LogP contribution in [0, 0.1) is 0 Å². The number of halogens is 2. The van der Waals surface area contributed by atoms with E-state index in [1.165, 1.54) is 18.3 Å². The second-order valence-electron chi connectivity index (χ2n) is 7.43. The van der Waals surface area contributed by atoms with Crippen LogP contribution in [0.15, 0.2) is 70.0 Å². The minimum Gasteiger partial charge on any atom is -0.408 e. The highest BCUT2D eigenvalue weighted by Crippen LogP contribution is 2.38. The van der Waals surface area contributed by atoms with Crippen molar-refractivity contribution in [3.63, 3.8) is 0 Å². The third-order valence-corrected chi connectivity index (χ3v) is 5.57. The maximum absolute atomic E-state index is 13.5. The number of nitrogens with zero attached hydrogens (tertiary/aromatic N) is 2. The van der Waals surface area contributed by atoms with Crippen molar-refractivity contribution in [2.45, 2.75) is 25.4 Å². The monoisotopic (exact) mass is 421 g/mol. The van der Waals surface area contributed by atoms with E-state index < -0.39 is 18.2 Å². The summed E-state index contributed by atoms with van der Waals surface area (Å²) in [6.45, 7) is 0.236. The van der Waals surface area contributed by atoms with Crippen LogP contribution in [0.3, 0.4) is 0 Å². The van der Waals surface area contributed by atoms with E-state index in [0.29, 0.717) is 16.7 Å². The predicted molar refractivity (Wildman–Crippen MR) is 109 cm³/mol. The van der Waals surface area contributed by atoms with Crippen LogP contribution in [-0.4, -0.2) is 20.8 Å². The summed E-state index contributed by atoms with van der Waals surface area (Å²) in [6.07, 6.45) is -0.996. The predicted octanol–water partition coefficient (Wildman–Crippen LogP) is 4.39. The van der Waals surface area contributed by atoms with Crippen LogP contribution in [0.2, 0.25) is 0 Å². The molecular weight excluding hydrogens is 404 g/mol. The molecule has 156 valence electrons. The van der Waals surface area contributed by atoms with E-state index >= 15 is 0 Å². The number of oxazole rings is 1. The van der Waals surface area contributed by atoms with Crippen LogP contribution >= 0.6 is 0 Å². The highest BCUT2D eigenvalue weighted by Gasteiger charge is 2.37. The SMILES string of the molecule is O=C1c2ccccc2[C@@H](Cc2ncccc2C(F)F)N1Cc1ccc2[nH]c(=O)oc2c1. The molecule has 8 heteroatoms. The molecule has 1 atom stereocenters. The standard InChI is InChI=1S/C23H17F2N3O3/c24-21(25)16-6-3-9-26-18(16)11-19-14-4-1-2-5-15(14)22(29)28(19)12-13-7-8-17-20(10-13)31-23(30)27-17/h1-10,19,21H,11-12H2,(H,27,30)/t19-/m1/s1. The van der Waals surface area contributed by atoms with Crippen LogP contribution in [0.25, 0.3) is 11.1 Å². The normalized spacial score (nSPS) is 15.8. The second-order valence-corrected chi connectivity index (χ2v) is 7.43. The molecule has 0 radical (unpaired) electrons. The molecule has 1 aliphatic rings. The Kier molecular flexibility index (Phi) is 4.62. The highest BCUT2D eigenvalue weighted by molar-refractivity contribution is 5.99. The number of aromatic amines is 1. The molecule has 2 aromatic carbocycles. The quantitative estimate of drug-likeness (QED) is 0.518. The molecule has 6 nitrogen and oxygen atoms in total. The largest absolute Gasteiger partial charge is 0.417 e. The Morgan fingerprint density at radius 2 is 1.94 bits per heavy atom. The zero-order valence-electron chi connectivity index (χ0n) is 16.2. The zero-order chi connectivity index (χ0) is 21.5. The Hall–Kier alpha value is -3.81. The van der Waals surface area contributed by atoms with Gasteiger partial charge in [-0.25, -0.2) is 13.6 Å². The van der Waals surface area contributed by atoms with Crippen molar-refractivity contribution in [1.29, 1.82) is 0 Å². The molecule has 1 N–H and O–H groups in total. The van der Waals surface area contributed by atoms with Gasteiger partial charge in [-0.05, 0) is 41.5 Å². The first-order chi connectivity index (χ1) is 15.0. The average Bonchev–Trinajstić information content (AvgIpc) is 3.26. The molecule has 31 heavy (non-hydrogen) atoms. The van der Waals surface area contributed by atoms with Crippen molar-refractivity contribution in [2.75, 3.05) is 0 Å². The number of pyridine rings is 1. The molecule has 0 saturated heterocycles. The van der Waals surface area contributed by atoms with Crippen molar-refractivity contribution in [1.82, 2.24) is 14.9 Å². The summed E-state index contributed by atoms with van der Waals surface area (Å²) in [5.41, 5.74) is 3.20. The molecule has 0 unspecified atom stereocenters. The maximum atomic E-state index is 13.5. The fourth-order valence-corrected chi connectivity index (χ4v) is 4.14. The van der Waals surface area contributed by atoms with Crippen LogP contribution in [-0.2, 0) is 13.0 Å². The molecule has 0 bridgehead atoms. The Balaban J connectivity index is 1.53. The van der Waals surface area contributed by atoms with Crippen molar-refractivity contribution in [3.05, 3.63) is 99.3 Å². The molecule has 4 aromatic rings. The minimum atomic E-state index is -2.65. The summed E-state index contributed by atoms with van der Waals surface area (Å²) >= 11 is 0. The molecule has 0 saturated carbocycles. The third-order valence-electron chi connectivity index (χ3n) is 5.57. The fraction of sp³-hybridized carbons (Fsp3) is 0.174. The van der Waals surface area contributed by atoms with Crippen molar-refractivity contribution < 1.29 is 18.0 Å². The van der Waals surface area contributed by atoms with E-state index in [1.54, 1.807) is 35.2 Å². The van der Waals surface area contributed by atoms with E-state index in [0.717, 1.165) is 11.1 Å². The topological polar surface area (TPSA) is 79.2 Å². The lowest BCUT2D eigenvalue weighted by molar-refractivity contribution is 0.0707. The Morgan fingerprint density at radius 3 is 2.77 bits per heavy atom. The Bertz CT molecular complexity index is 1350. The number of alkyl halides is 2. The van der Waals surface area contributed by atoms with Gasteiger partial charge in [0.25, 0.3) is 12.3 Å². The van der Waals surface area contributed by atoms with Crippen molar-refractivity contribution in [2.24, 2.45) is 0 Å². The number of amides is 1.